The summed E-state index contributed by atoms with van der Waals surface area (Å²) in [5.41, 5.74) is 4.47. The zero-order chi connectivity index (χ0) is 13.2. The molecule has 0 radical (unpaired) electrons. The number of aryl methyl sites for hydroxylation is 2. The fraction of sp³-hybridized carbons (Fsp3) is 0.400. The fourth-order valence-corrected chi connectivity index (χ4v) is 2.46. The van der Waals surface area contributed by atoms with Gasteiger partial charge in [0.2, 0.25) is 0 Å². The second-order valence-corrected chi connectivity index (χ2v) is 4.93. The number of rotatable bonds is 3. The quantitative estimate of drug-likeness (QED) is 0.915. The predicted octanol–water partition coefficient (Wildman–Crippen LogP) is 2.77. The highest BCUT2D eigenvalue weighted by Crippen LogP contribution is 2.28. The van der Waals surface area contributed by atoms with Crippen LogP contribution in [0.25, 0.3) is 11.5 Å². The largest absolute Gasteiger partial charge is 0.370 e. The van der Waals surface area contributed by atoms with Gasteiger partial charge in [-0.2, -0.15) is 0 Å². The van der Waals surface area contributed by atoms with Crippen molar-refractivity contribution >= 4 is 5.82 Å². The molecule has 0 aliphatic heterocycles. The molecule has 0 saturated heterocycles. The second kappa shape index (κ2) is 4.96. The molecule has 2 aromatic rings. The summed E-state index contributed by atoms with van der Waals surface area (Å²) in [5.74, 6) is 1.72. The molecular formula is C15H18N4. The molecule has 0 unspecified atom stereocenters. The van der Waals surface area contributed by atoms with Crippen LogP contribution in [-0.2, 0) is 12.8 Å². The highest BCUT2D eigenvalue weighted by atomic mass is 15.0. The van der Waals surface area contributed by atoms with Crippen LogP contribution in [0, 0.1) is 6.92 Å². The van der Waals surface area contributed by atoms with Gasteiger partial charge in [-0.15, -0.1) is 0 Å². The first kappa shape index (κ1) is 12.1. The van der Waals surface area contributed by atoms with Gasteiger partial charge in [0.05, 0.1) is 0 Å². The van der Waals surface area contributed by atoms with Crippen molar-refractivity contribution in [1.29, 1.82) is 0 Å². The molecular weight excluding hydrogens is 236 g/mol. The summed E-state index contributed by atoms with van der Waals surface area (Å²) in [7, 11) is 0. The third kappa shape index (κ3) is 2.30. The molecule has 1 N–H and O–H groups in total. The Kier molecular flexibility index (Phi) is 3.15. The van der Waals surface area contributed by atoms with Crippen molar-refractivity contribution < 1.29 is 0 Å². The highest BCUT2D eigenvalue weighted by molar-refractivity contribution is 5.57. The van der Waals surface area contributed by atoms with E-state index in [4.69, 9.17) is 0 Å². The van der Waals surface area contributed by atoms with Crippen LogP contribution in [-0.4, -0.2) is 21.5 Å². The molecule has 0 bridgehead atoms. The van der Waals surface area contributed by atoms with Crippen molar-refractivity contribution in [3.05, 3.63) is 35.2 Å². The standard InChI is InChI=1S/C15H18N4/c1-3-16-14-11-5-4-6-12(11)18-15(19-14)13-8-7-10(2)9-17-13/h7-9H,3-6H2,1-2H3,(H,16,18,19). The smallest absolute Gasteiger partial charge is 0.180 e. The van der Waals surface area contributed by atoms with E-state index in [1.165, 1.54) is 17.7 Å². The van der Waals surface area contributed by atoms with Crippen LogP contribution in [0.15, 0.2) is 18.3 Å². The van der Waals surface area contributed by atoms with Gasteiger partial charge in [0.15, 0.2) is 5.82 Å². The van der Waals surface area contributed by atoms with Crippen molar-refractivity contribution in [2.45, 2.75) is 33.1 Å². The van der Waals surface area contributed by atoms with Gasteiger partial charge < -0.3 is 5.32 Å². The van der Waals surface area contributed by atoms with Crippen molar-refractivity contribution in [3.63, 3.8) is 0 Å². The predicted molar refractivity (Wildman–Crippen MR) is 76.2 cm³/mol. The third-order valence-electron chi connectivity index (χ3n) is 3.42. The van der Waals surface area contributed by atoms with Gasteiger partial charge in [-0.25, -0.2) is 9.97 Å². The van der Waals surface area contributed by atoms with E-state index >= 15 is 0 Å². The van der Waals surface area contributed by atoms with Gasteiger partial charge in [-0.1, -0.05) is 6.07 Å². The topological polar surface area (TPSA) is 50.7 Å². The van der Waals surface area contributed by atoms with Crippen molar-refractivity contribution in [2.24, 2.45) is 0 Å². The number of fused-ring (bicyclic) bond motifs is 1. The fourth-order valence-electron chi connectivity index (χ4n) is 2.46. The Hall–Kier alpha value is -1.97. The van der Waals surface area contributed by atoms with Gasteiger partial charge in [0.25, 0.3) is 0 Å². The van der Waals surface area contributed by atoms with E-state index in [1.54, 1.807) is 0 Å². The number of anilines is 1. The Morgan fingerprint density at radius 2 is 2.11 bits per heavy atom. The molecule has 2 aromatic heterocycles. The zero-order valence-corrected chi connectivity index (χ0v) is 11.4. The molecule has 0 amide bonds. The number of nitrogens with one attached hydrogen (secondary N) is 1. The van der Waals surface area contributed by atoms with E-state index in [0.717, 1.165) is 42.3 Å². The number of hydrogen-bond acceptors (Lipinski definition) is 4. The van der Waals surface area contributed by atoms with E-state index in [-0.39, 0.29) is 0 Å². The molecule has 0 aromatic carbocycles. The first-order chi connectivity index (χ1) is 9.28. The van der Waals surface area contributed by atoms with E-state index in [0.29, 0.717) is 0 Å². The Morgan fingerprint density at radius 1 is 1.21 bits per heavy atom. The first-order valence-electron chi connectivity index (χ1n) is 6.84. The van der Waals surface area contributed by atoms with E-state index in [1.807, 2.05) is 25.3 Å². The molecule has 98 valence electrons. The van der Waals surface area contributed by atoms with Gasteiger partial charge in [0.1, 0.15) is 11.5 Å². The summed E-state index contributed by atoms with van der Waals surface area (Å²) in [6.07, 6.45) is 5.17. The van der Waals surface area contributed by atoms with Crippen LogP contribution in [0.3, 0.4) is 0 Å². The number of aromatic nitrogens is 3. The lowest BCUT2D eigenvalue weighted by atomic mass is 10.2. The minimum Gasteiger partial charge on any atom is -0.370 e. The van der Waals surface area contributed by atoms with E-state index in [9.17, 15) is 0 Å². The average molecular weight is 254 g/mol. The van der Waals surface area contributed by atoms with Crippen molar-refractivity contribution in [2.75, 3.05) is 11.9 Å². The molecule has 2 heterocycles. The summed E-state index contributed by atoms with van der Waals surface area (Å²) >= 11 is 0. The van der Waals surface area contributed by atoms with Gasteiger partial charge in [0, 0.05) is 24.0 Å². The Balaban J connectivity index is 2.07. The molecule has 0 fully saturated rings. The average Bonchev–Trinajstić information content (AvgIpc) is 2.88. The van der Waals surface area contributed by atoms with Crippen LogP contribution in [0.1, 0.15) is 30.2 Å². The molecule has 0 spiro atoms. The minimum atomic E-state index is 0.733. The minimum absolute atomic E-state index is 0.733. The lowest BCUT2D eigenvalue weighted by Crippen LogP contribution is -2.07. The molecule has 19 heavy (non-hydrogen) atoms. The van der Waals surface area contributed by atoms with Crippen LogP contribution in [0.2, 0.25) is 0 Å². The van der Waals surface area contributed by atoms with Gasteiger partial charge >= 0.3 is 0 Å². The van der Waals surface area contributed by atoms with Crippen LogP contribution in [0.4, 0.5) is 5.82 Å². The summed E-state index contributed by atoms with van der Waals surface area (Å²) < 4.78 is 0. The van der Waals surface area contributed by atoms with E-state index < -0.39 is 0 Å². The summed E-state index contributed by atoms with van der Waals surface area (Å²) in [6, 6.07) is 4.04. The second-order valence-electron chi connectivity index (χ2n) is 4.93. The lowest BCUT2D eigenvalue weighted by molar-refractivity contribution is 0.899. The maximum atomic E-state index is 4.68. The summed E-state index contributed by atoms with van der Waals surface area (Å²) in [4.78, 5) is 13.8. The monoisotopic (exact) mass is 254 g/mol. The van der Waals surface area contributed by atoms with Crippen LogP contribution < -0.4 is 5.32 Å². The number of hydrogen-bond donors (Lipinski definition) is 1. The summed E-state index contributed by atoms with van der Waals surface area (Å²) in [6.45, 7) is 5.00. The van der Waals surface area contributed by atoms with Crippen molar-refractivity contribution in [1.82, 2.24) is 15.0 Å². The summed E-state index contributed by atoms with van der Waals surface area (Å²) in [5, 5.41) is 3.35. The molecule has 0 atom stereocenters. The van der Waals surface area contributed by atoms with Crippen LogP contribution >= 0.6 is 0 Å². The van der Waals surface area contributed by atoms with Gasteiger partial charge in [-0.3, -0.25) is 4.98 Å². The molecule has 1 aliphatic rings. The maximum Gasteiger partial charge on any atom is 0.180 e. The lowest BCUT2D eigenvalue weighted by Gasteiger charge is -2.10. The molecule has 4 heteroatoms. The molecule has 0 saturated carbocycles. The highest BCUT2D eigenvalue weighted by Gasteiger charge is 2.19. The zero-order valence-electron chi connectivity index (χ0n) is 11.4. The Labute approximate surface area is 113 Å². The van der Waals surface area contributed by atoms with Crippen LogP contribution in [0.5, 0.6) is 0 Å². The Bertz CT molecular complexity index is 590. The number of nitrogens with zero attached hydrogens (tertiary/aromatic N) is 3. The van der Waals surface area contributed by atoms with Crippen molar-refractivity contribution in [3.8, 4) is 11.5 Å². The molecule has 3 rings (SSSR count). The molecule has 1 aliphatic carbocycles. The molecule has 4 nitrogen and oxygen atoms in total. The van der Waals surface area contributed by atoms with E-state index in [2.05, 4.69) is 27.2 Å². The maximum absolute atomic E-state index is 4.68. The normalized spacial score (nSPS) is 13.4. The third-order valence-corrected chi connectivity index (χ3v) is 3.42. The SMILES string of the molecule is CCNc1nc(-c2ccc(C)cn2)nc2c1CCC2. The van der Waals surface area contributed by atoms with Gasteiger partial charge in [-0.05, 0) is 44.7 Å². The first-order valence-corrected chi connectivity index (χ1v) is 6.84. The Morgan fingerprint density at radius 3 is 2.84 bits per heavy atom. The number of pyridine rings is 1.